The average Bonchev–Trinajstić information content (AvgIpc) is 2.26. The first-order valence-electron chi connectivity index (χ1n) is 4.87. The molecule has 0 saturated heterocycles. The Hall–Kier alpha value is -0.110. The second-order valence-electron chi connectivity index (χ2n) is 4.19. The molecule has 0 bridgehead atoms. The number of hydrogen-bond donors (Lipinski definition) is 0. The van der Waals surface area contributed by atoms with Gasteiger partial charge in [-0.15, -0.1) is 0 Å². The molecule has 0 aliphatic rings. The highest BCUT2D eigenvalue weighted by molar-refractivity contribution is 9.10. The van der Waals surface area contributed by atoms with E-state index in [0.29, 0.717) is 10.9 Å². The summed E-state index contributed by atoms with van der Waals surface area (Å²) in [6, 6.07) is 0. The summed E-state index contributed by atoms with van der Waals surface area (Å²) >= 11 is 3.51. The van der Waals surface area contributed by atoms with E-state index < -0.39 is 11.4 Å². The van der Waals surface area contributed by atoms with Crippen LogP contribution in [0.1, 0.15) is 26.5 Å². The highest BCUT2D eigenvalue weighted by atomic mass is 79.9. The van der Waals surface area contributed by atoms with Gasteiger partial charge in [0.2, 0.25) is 0 Å². The molecular formula is C10H14BrN3OS2. The summed E-state index contributed by atoms with van der Waals surface area (Å²) in [6.07, 6.45) is 5.09. The van der Waals surface area contributed by atoms with Gasteiger partial charge in [-0.05, 0) is 43.0 Å². The number of thioether (sulfide) groups is 1. The standard InChI is InChI=1S/C10H14BrN3OS2/c1-10(2,3)17(15)13-6-8-7(11)5-12-9(14-8)16-4/h5-6H,1-4H3/b13-6+. The number of hydrogen-bond acceptors (Lipinski definition) is 5. The first-order valence-corrected chi connectivity index (χ1v) is 7.99. The zero-order valence-electron chi connectivity index (χ0n) is 10.1. The van der Waals surface area contributed by atoms with Crippen LogP contribution < -0.4 is 0 Å². The van der Waals surface area contributed by atoms with Crippen molar-refractivity contribution in [2.45, 2.75) is 30.7 Å². The molecule has 94 valence electrons. The van der Waals surface area contributed by atoms with E-state index in [1.54, 1.807) is 6.20 Å². The Morgan fingerprint density at radius 3 is 2.71 bits per heavy atom. The molecule has 1 heterocycles. The van der Waals surface area contributed by atoms with Crippen molar-refractivity contribution in [2.24, 2.45) is 4.40 Å². The lowest BCUT2D eigenvalue weighted by Gasteiger charge is -2.17. The van der Waals surface area contributed by atoms with Gasteiger partial charge in [-0.25, -0.2) is 9.97 Å². The smallest absolute Gasteiger partial charge is 0.187 e. The van der Waals surface area contributed by atoms with Crippen LogP contribution in [0.15, 0.2) is 20.2 Å². The molecule has 17 heavy (non-hydrogen) atoms. The van der Waals surface area contributed by atoms with Crippen LogP contribution >= 0.6 is 27.7 Å². The molecule has 4 nitrogen and oxygen atoms in total. The molecule has 1 aromatic heterocycles. The normalized spacial score (nSPS) is 14.2. The molecule has 0 fully saturated rings. The fourth-order valence-corrected chi connectivity index (χ4v) is 1.96. The SMILES string of the molecule is CSc1ncc(Br)c(/C=N/[S+]([O-])C(C)(C)C)n1. The van der Waals surface area contributed by atoms with Crippen molar-refractivity contribution in [3.63, 3.8) is 0 Å². The monoisotopic (exact) mass is 335 g/mol. The van der Waals surface area contributed by atoms with E-state index in [0.717, 1.165) is 4.47 Å². The van der Waals surface area contributed by atoms with Gasteiger partial charge in [-0.1, -0.05) is 16.2 Å². The highest BCUT2D eigenvalue weighted by Crippen LogP contribution is 2.19. The summed E-state index contributed by atoms with van der Waals surface area (Å²) < 4.78 is 16.2. The summed E-state index contributed by atoms with van der Waals surface area (Å²) in [5.74, 6) is 0. The molecule has 0 saturated carbocycles. The Kier molecular flexibility index (Phi) is 5.43. The molecule has 0 aromatic carbocycles. The van der Waals surface area contributed by atoms with Gasteiger partial charge >= 0.3 is 0 Å². The van der Waals surface area contributed by atoms with Crippen LogP contribution in [0, 0.1) is 0 Å². The Bertz CT molecular complexity index is 421. The van der Waals surface area contributed by atoms with Gasteiger partial charge in [0.15, 0.2) is 5.16 Å². The fraction of sp³-hybridized carbons (Fsp3) is 0.500. The predicted octanol–water partition coefficient (Wildman–Crippen LogP) is 2.84. The van der Waals surface area contributed by atoms with Gasteiger partial charge in [0, 0.05) is 6.20 Å². The van der Waals surface area contributed by atoms with Crippen LogP contribution in [0.3, 0.4) is 0 Å². The summed E-state index contributed by atoms with van der Waals surface area (Å²) in [4.78, 5) is 8.37. The molecule has 0 N–H and O–H groups in total. The van der Waals surface area contributed by atoms with Crippen molar-refractivity contribution in [3.8, 4) is 0 Å². The van der Waals surface area contributed by atoms with Crippen LogP contribution in [0.4, 0.5) is 0 Å². The van der Waals surface area contributed by atoms with E-state index in [9.17, 15) is 4.55 Å². The third-order valence-electron chi connectivity index (χ3n) is 1.73. The van der Waals surface area contributed by atoms with Crippen molar-refractivity contribution in [2.75, 3.05) is 6.26 Å². The van der Waals surface area contributed by atoms with Gasteiger partial charge in [0.1, 0.15) is 28.0 Å². The quantitative estimate of drug-likeness (QED) is 0.369. The first-order chi connectivity index (χ1) is 7.84. The van der Waals surface area contributed by atoms with E-state index in [4.69, 9.17) is 0 Å². The second-order valence-corrected chi connectivity index (χ2v) is 7.75. The van der Waals surface area contributed by atoms with Crippen molar-refractivity contribution in [1.29, 1.82) is 0 Å². The molecule has 7 heteroatoms. The second kappa shape index (κ2) is 6.17. The maximum absolute atomic E-state index is 11.8. The summed E-state index contributed by atoms with van der Waals surface area (Å²) in [5, 5.41) is 0.663. The van der Waals surface area contributed by atoms with Crippen LogP contribution in [0.2, 0.25) is 0 Å². The minimum absolute atomic E-state index is 0.363. The summed E-state index contributed by atoms with van der Waals surface area (Å²) in [7, 11) is 0. The molecule has 1 rings (SSSR count). The Labute approximate surface area is 117 Å². The molecule has 1 unspecified atom stereocenters. The molecule has 0 radical (unpaired) electrons. The van der Waals surface area contributed by atoms with E-state index in [1.807, 2.05) is 27.0 Å². The molecule has 1 atom stereocenters. The van der Waals surface area contributed by atoms with Gasteiger partial charge < -0.3 is 4.55 Å². The van der Waals surface area contributed by atoms with Crippen LogP contribution in [0.5, 0.6) is 0 Å². The van der Waals surface area contributed by atoms with E-state index in [-0.39, 0.29) is 4.75 Å². The van der Waals surface area contributed by atoms with Gasteiger partial charge in [-0.3, -0.25) is 0 Å². The van der Waals surface area contributed by atoms with E-state index >= 15 is 0 Å². The van der Waals surface area contributed by atoms with Gasteiger partial charge in [0.05, 0.1) is 4.47 Å². The van der Waals surface area contributed by atoms with Crippen molar-refractivity contribution >= 4 is 45.3 Å². The highest BCUT2D eigenvalue weighted by Gasteiger charge is 2.25. The average molecular weight is 336 g/mol. The van der Waals surface area contributed by atoms with E-state index in [1.165, 1.54) is 18.0 Å². The Morgan fingerprint density at radius 2 is 2.18 bits per heavy atom. The molecule has 1 aromatic rings. The summed E-state index contributed by atoms with van der Waals surface area (Å²) in [5.41, 5.74) is 0.641. The molecular weight excluding hydrogens is 322 g/mol. The number of rotatable bonds is 3. The van der Waals surface area contributed by atoms with Crippen molar-refractivity contribution in [3.05, 3.63) is 16.4 Å². The maximum Gasteiger partial charge on any atom is 0.187 e. The third-order valence-corrected chi connectivity index (χ3v) is 4.24. The Morgan fingerprint density at radius 1 is 1.53 bits per heavy atom. The van der Waals surface area contributed by atoms with Crippen LogP contribution in [-0.4, -0.2) is 31.7 Å². The number of nitrogens with zero attached hydrogens (tertiary/aromatic N) is 3. The zero-order chi connectivity index (χ0) is 13.1. The predicted molar refractivity (Wildman–Crippen MR) is 77.0 cm³/mol. The zero-order valence-corrected chi connectivity index (χ0v) is 13.3. The number of halogens is 1. The van der Waals surface area contributed by atoms with Crippen molar-refractivity contribution in [1.82, 2.24) is 9.97 Å². The van der Waals surface area contributed by atoms with Crippen LogP contribution in [0.25, 0.3) is 0 Å². The first kappa shape index (κ1) is 14.9. The summed E-state index contributed by atoms with van der Waals surface area (Å²) in [6.45, 7) is 5.63. The van der Waals surface area contributed by atoms with E-state index in [2.05, 4.69) is 30.3 Å². The lowest BCUT2D eigenvalue weighted by molar-refractivity contribution is 0.562. The third kappa shape index (κ3) is 4.57. The minimum atomic E-state index is -1.27. The van der Waals surface area contributed by atoms with Gasteiger partial charge in [-0.2, -0.15) is 0 Å². The fourth-order valence-electron chi connectivity index (χ4n) is 0.808. The minimum Gasteiger partial charge on any atom is -0.591 e. The molecule has 0 amide bonds. The topological polar surface area (TPSA) is 61.2 Å². The van der Waals surface area contributed by atoms with Gasteiger partial charge in [0.25, 0.3) is 0 Å². The van der Waals surface area contributed by atoms with Crippen molar-refractivity contribution < 1.29 is 4.55 Å². The Balaban J connectivity index is 2.91. The molecule has 0 aliphatic carbocycles. The maximum atomic E-state index is 11.8. The lowest BCUT2D eigenvalue weighted by Crippen LogP contribution is -2.25. The number of aromatic nitrogens is 2. The van der Waals surface area contributed by atoms with Crippen LogP contribution in [-0.2, 0) is 11.4 Å². The molecule has 0 aliphatic heterocycles. The lowest BCUT2D eigenvalue weighted by atomic mass is 10.3. The largest absolute Gasteiger partial charge is 0.591 e. The molecule has 0 spiro atoms.